The molecule has 1 aromatic rings. The quantitative estimate of drug-likeness (QED) is 0.755. The van der Waals surface area contributed by atoms with Crippen molar-refractivity contribution >= 4 is 17.2 Å². The highest BCUT2D eigenvalue weighted by atomic mass is 32.1. The molecule has 1 spiro atoms. The van der Waals surface area contributed by atoms with Crippen molar-refractivity contribution in [1.82, 2.24) is 9.80 Å². The molecule has 28 heavy (non-hydrogen) atoms. The Morgan fingerprint density at radius 3 is 2.61 bits per heavy atom. The first-order valence-electron chi connectivity index (χ1n) is 11.0. The number of carbonyl (C=O) groups excluding carboxylic acids is 1. The minimum absolute atomic E-state index is 0.189. The summed E-state index contributed by atoms with van der Waals surface area (Å²) in [4.78, 5) is 19.6. The van der Waals surface area contributed by atoms with Gasteiger partial charge in [0.05, 0.1) is 16.5 Å². The van der Waals surface area contributed by atoms with Crippen LogP contribution in [0.25, 0.3) is 0 Å². The lowest BCUT2D eigenvalue weighted by Crippen LogP contribution is -2.76. The predicted molar refractivity (Wildman–Crippen MR) is 110 cm³/mol. The Morgan fingerprint density at radius 1 is 1.21 bits per heavy atom. The molecule has 4 heterocycles. The molecule has 1 atom stereocenters. The van der Waals surface area contributed by atoms with Crippen molar-refractivity contribution in [3.63, 3.8) is 0 Å². The second kappa shape index (κ2) is 7.71. The molecule has 5 nitrogen and oxygen atoms in total. The first-order valence-corrected chi connectivity index (χ1v) is 11.8. The number of rotatable bonds is 5. The van der Waals surface area contributed by atoms with Gasteiger partial charge in [0.15, 0.2) is 0 Å². The van der Waals surface area contributed by atoms with Gasteiger partial charge >= 0.3 is 0 Å². The van der Waals surface area contributed by atoms with E-state index >= 15 is 0 Å². The molecular formula is C22H32N2O3S. The van der Waals surface area contributed by atoms with Crippen molar-refractivity contribution in [3.8, 4) is 0 Å². The van der Waals surface area contributed by atoms with Gasteiger partial charge in [-0.05, 0) is 63.5 Å². The van der Waals surface area contributed by atoms with Gasteiger partial charge in [0.2, 0.25) is 0 Å². The third-order valence-electron chi connectivity index (χ3n) is 7.27. The molecule has 0 aromatic carbocycles. The van der Waals surface area contributed by atoms with Gasteiger partial charge < -0.3 is 14.4 Å². The van der Waals surface area contributed by atoms with Crippen molar-refractivity contribution in [1.29, 1.82) is 0 Å². The van der Waals surface area contributed by atoms with Crippen LogP contribution in [-0.4, -0.2) is 72.8 Å². The third-order valence-corrected chi connectivity index (χ3v) is 8.25. The van der Waals surface area contributed by atoms with E-state index in [-0.39, 0.29) is 11.4 Å². The van der Waals surface area contributed by atoms with E-state index in [1.54, 1.807) is 11.3 Å². The molecule has 6 heteroatoms. The fourth-order valence-electron chi connectivity index (χ4n) is 5.28. The summed E-state index contributed by atoms with van der Waals surface area (Å²) < 4.78 is 12.1. The number of thiophene rings is 1. The largest absolute Gasteiger partial charge is 0.381 e. The Morgan fingerprint density at radius 2 is 1.96 bits per heavy atom. The maximum Gasteiger partial charge on any atom is 0.263 e. The zero-order valence-electron chi connectivity index (χ0n) is 16.9. The van der Waals surface area contributed by atoms with Gasteiger partial charge in [0, 0.05) is 50.4 Å². The molecule has 154 valence electrons. The topological polar surface area (TPSA) is 42.0 Å². The van der Waals surface area contributed by atoms with Crippen LogP contribution in [0.1, 0.15) is 53.1 Å². The number of likely N-dealkylation sites (tertiary alicyclic amines) is 2. The lowest BCUT2D eigenvalue weighted by Gasteiger charge is -2.63. The Balaban J connectivity index is 1.20. The highest BCUT2D eigenvalue weighted by molar-refractivity contribution is 7.13. The Labute approximate surface area is 172 Å². The maximum absolute atomic E-state index is 12.8. The van der Waals surface area contributed by atoms with Crippen molar-refractivity contribution in [2.75, 3.05) is 39.5 Å². The van der Waals surface area contributed by atoms with Gasteiger partial charge in [-0.15, -0.1) is 11.3 Å². The molecular weight excluding hydrogens is 372 g/mol. The number of hydrogen-bond donors (Lipinski definition) is 0. The average Bonchev–Trinajstić information content (AvgIpc) is 3.46. The molecule has 1 aromatic heterocycles. The van der Waals surface area contributed by atoms with E-state index in [1.165, 1.54) is 17.7 Å². The minimum Gasteiger partial charge on any atom is -0.381 e. The summed E-state index contributed by atoms with van der Waals surface area (Å²) in [5.74, 6) is 1.03. The van der Waals surface area contributed by atoms with Crippen LogP contribution in [-0.2, 0) is 9.47 Å². The molecule has 3 saturated heterocycles. The molecule has 5 rings (SSSR count). The second-order valence-electron chi connectivity index (χ2n) is 9.07. The van der Waals surface area contributed by atoms with Crippen LogP contribution in [0, 0.1) is 12.8 Å². The van der Waals surface area contributed by atoms with Gasteiger partial charge in [0.25, 0.3) is 5.91 Å². The van der Waals surface area contributed by atoms with Gasteiger partial charge in [-0.2, -0.15) is 0 Å². The summed E-state index contributed by atoms with van der Waals surface area (Å²) in [7, 11) is 0. The highest BCUT2D eigenvalue weighted by Gasteiger charge is 2.57. The van der Waals surface area contributed by atoms with Crippen LogP contribution < -0.4 is 0 Å². The molecule has 0 N–H and O–H groups in total. The minimum atomic E-state index is 0.189. The first kappa shape index (κ1) is 19.0. The summed E-state index contributed by atoms with van der Waals surface area (Å²) in [6, 6.07) is 4.59. The molecule has 1 aliphatic carbocycles. The number of piperidine rings is 1. The smallest absolute Gasteiger partial charge is 0.263 e. The van der Waals surface area contributed by atoms with Crippen LogP contribution >= 0.6 is 11.3 Å². The van der Waals surface area contributed by atoms with Gasteiger partial charge in [-0.3, -0.25) is 9.69 Å². The van der Waals surface area contributed by atoms with Crippen LogP contribution in [0.15, 0.2) is 12.1 Å². The van der Waals surface area contributed by atoms with E-state index in [0.29, 0.717) is 12.1 Å². The normalized spacial score (nSPS) is 28.5. The third kappa shape index (κ3) is 3.53. The molecule has 1 amide bonds. The number of hydrogen-bond acceptors (Lipinski definition) is 5. The monoisotopic (exact) mass is 404 g/mol. The SMILES string of the molecule is Cc1ccc(C(=O)N2CCC(N3CC(OCC4CC4)C34CCOCC4)CC2)s1. The van der Waals surface area contributed by atoms with E-state index in [0.717, 1.165) is 75.9 Å². The molecule has 1 saturated carbocycles. The highest BCUT2D eigenvalue weighted by Crippen LogP contribution is 2.45. The number of nitrogens with zero attached hydrogens (tertiary/aromatic N) is 2. The van der Waals surface area contributed by atoms with Gasteiger partial charge in [-0.25, -0.2) is 0 Å². The number of aryl methyl sites for hydroxylation is 1. The van der Waals surface area contributed by atoms with Crippen LogP contribution in [0.3, 0.4) is 0 Å². The van der Waals surface area contributed by atoms with Crippen LogP contribution in [0.2, 0.25) is 0 Å². The Hall–Kier alpha value is -0.950. The summed E-state index contributed by atoms with van der Waals surface area (Å²) in [5, 5.41) is 0. The lowest BCUT2D eigenvalue weighted by atomic mass is 9.73. The second-order valence-corrected chi connectivity index (χ2v) is 10.4. The molecule has 0 bridgehead atoms. The molecule has 1 unspecified atom stereocenters. The first-order chi connectivity index (χ1) is 13.7. The van der Waals surface area contributed by atoms with Crippen molar-refractivity contribution in [3.05, 3.63) is 21.9 Å². The Kier molecular flexibility index (Phi) is 5.24. The summed E-state index contributed by atoms with van der Waals surface area (Å²) in [5.41, 5.74) is 0.189. The fourth-order valence-corrected chi connectivity index (χ4v) is 6.12. The Bertz CT molecular complexity index is 702. The van der Waals surface area contributed by atoms with E-state index < -0.39 is 0 Å². The van der Waals surface area contributed by atoms with E-state index in [4.69, 9.17) is 9.47 Å². The van der Waals surface area contributed by atoms with E-state index in [9.17, 15) is 4.79 Å². The van der Waals surface area contributed by atoms with Crippen LogP contribution in [0.4, 0.5) is 0 Å². The summed E-state index contributed by atoms with van der Waals surface area (Å²) >= 11 is 1.61. The zero-order chi connectivity index (χ0) is 19.1. The molecule has 3 aliphatic heterocycles. The fraction of sp³-hybridized carbons (Fsp3) is 0.773. The van der Waals surface area contributed by atoms with Crippen LogP contribution in [0.5, 0.6) is 0 Å². The number of ether oxygens (including phenoxy) is 2. The molecule has 4 aliphatic rings. The van der Waals surface area contributed by atoms with Crippen molar-refractivity contribution in [2.45, 2.75) is 63.1 Å². The molecule has 4 fully saturated rings. The van der Waals surface area contributed by atoms with Crippen molar-refractivity contribution in [2.24, 2.45) is 5.92 Å². The zero-order valence-corrected chi connectivity index (χ0v) is 17.7. The predicted octanol–water partition coefficient (Wildman–Crippen LogP) is 3.32. The number of carbonyl (C=O) groups is 1. The molecule has 0 radical (unpaired) electrons. The summed E-state index contributed by atoms with van der Waals surface area (Å²) in [6.45, 7) is 7.54. The van der Waals surface area contributed by atoms with E-state index in [1.807, 2.05) is 12.1 Å². The van der Waals surface area contributed by atoms with Gasteiger partial charge in [0.1, 0.15) is 0 Å². The van der Waals surface area contributed by atoms with E-state index in [2.05, 4.69) is 16.7 Å². The average molecular weight is 405 g/mol. The maximum atomic E-state index is 12.8. The summed E-state index contributed by atoms with van der Waals surface area (Å²) in [6.07, 6.45) is 7.42. The van der Waals surface area contributed by atoms with Gasteiger partial charge in [-0.1, -0.05) is 0 Å². The number of amides is 1. The lowest BCUT2D eigenvalue weighted by molar-refractivity contribution is -0.217. The van der Waals surface area contributed by atoms with Crippen molar-refractivity contribution < 1.29 is 14.3 Å². The standard InChI is InChI=1S/C22H32N2O3S/c1-16-2-5-19(28-16)21(25)23-10-6-18(7-11-23)24-14-20(27-15-17-3-4-17)22(24)8-12-26-13-9-22/h2,5,17-18,20H,3-4,6-15H2,1H3.